The minimum atomic E-state index is -2.94. The Balaban J connectivity index is 0.000000980. The highest BCUT2D eigenvalue weighted by Gasteiger charge is 2.42. The molecule has 1 saturated carbocycles. The lowest BCUT2D eigenvalue weighted by Crippen LogP contribution is -2.53. The Morgan fingerprint density at radius 1 is 1.36 bits per heavy atom. The van der Waals surface area contributed by atoms with Gasteiger partial charge in [-0.05, 0) is 19.8 Å². The van der Waals surface area contributed by atoms with Gasteiger partial charge in [0, 0.05) is 25.7 Å². The van der Waals surface area contributed by atoms with Crippen LogP contribution in [0.3, 0.4) is 0 Å². The molecule has 0 spiro atoms. The van der Waals surface area contributed by atoms with Crippen LogP contribution in [0.15, 0.2) is 0 Å². The van der Waals surface area contributed by atoms with E-state index in [4.69, 9.17) is 0 Å². The lowest BCUT2D eigenvalue weighted by atomic mass is 10.3. The molecular weight excluding hydrogens is 224 g/mol. The molecule has 0 aromatic rings. The van der Waals surface area contributed by atoms with Gasteiger partial charge in [-0.2, -0.15) is 4.31 Å². The third-order valence-corrected chi connectivity index (χ3v) is 5.22. The molecule has 1 heterocycles. The number of hydrogen-bond acceptors (Lipinski definition) is 3. The SMILES string of the molecule is C[C@@H]1CNCCN1S(=O)(=O)C1CC1.Cl. The molecule has 0 amide bonds. The molecule has 2 fully saturated rings. The van der Waals surface area contributed by atoms with Crippen molar-refractivity contribution in [3.63, 3.8) is 0 Å². The van der Waals surface area contributed by atoms with Gasteiger partial charge in [0.25, 0.3) is 0 Å². The first kappa shape index (κ1) is 12.2. The van der Waals surface area contributed by atoms with Crippen molar-refractivity contribution in [1.82, 2.24) is 9.62 Å². The highest BCUT2D eigenvalue weighted by molar-refractivity contribution is 7.90. The normalized spacial score (nSPS) is 29.6. The summed E-state index contributed by atoms with van der Waals surface area (Å²) in [6, 6.07) is 0.124. The van der Waals surface area contributed by atoms with Crippen LogP contribution >= 0.6 is 12.4 Å². The summed E-state index contributed by atoms with van der Waals surface area (Å²) in [6.45, 7) is 4.17. The molecule has 1 N–H and O–H groups in total. The second kappa shape index (κ2) is 4.35. The third-order valence-electron chi connectivity index (χ3n) is 2.71. The van der Waals surface area contributed by atoms with Crippen molar-refractivity contribution in [1.29, 1.82) is 0 Å². The number of nitrogens with one attached hydrogen (secondary N) is 1. The molecule has 0 aromatic heterocycles. The fourth-order valence-electron chi connectivity index (χ4n) is 1.76. The smallest absolute Gasteiger partial charge is 0.217 e. The molecule has 2 rings (SSSR count). The fourth-order valence-corrected chi connectivity index (χ4v) is 3.79. The van der Waals surface area contributed by atoms with Crippen LogP contribution in [-0.2, 0) is 10.0 Å². The molecule has 1 saturated heterocycles. The van der Waals surface area contributed by atoms with E-state index in [0.29, 0.717) is 6.54 Å². The van der Waals surface area contributed by atoms with E-state index in [0.717, 1.165) is 25.9 Å². The molecule has 6 heteroatoms. The van der Waals surface area contributed by atoms with Gasteiger partial charge in [-0.1, -0.05) is 0 Å². The molecule has 0 unspecified atom stereocenters. The topological polar surface area (TPSA) is 49.4 Å². The van der Waals surface area contributed by atoms with Crippen molar-refractivity contribution >= 4 is 22.4 Å². The summed E-state index contributed by atoms with van der Waals surface area (Å²) in [5.41, 5.74) is 0. The van der Waals surface area contributed by atoms with E-state index in [-0.39, 0.29) is 23.7 Å². The summed E-state index contributed by atoms with van der Waals surface area (Å²) in [4.78, 5) is 0. The molecule has 4 nitrogen and oxygen atoms in total. The highest BCUT2D eigenvalue weighted by atomic mass is 35.5. The molecule has 0 bridgehead atoms. The van der Waals surface area contributed by atoms with E-state index in [1.165, 1.54) is 0 Å². The zero-order valence-corrected chi connectivity index (χ0v) is 9.90. The van der Waals surface area contributed by atoms with Crippen LogP contribution in [-0.4, -0.2) is 43.6 Å². The second-order valence-corrected chi connectivity index (χ2v) is 6.07. The second-order valence-electron chi connectivity index (χ2n) is 3.91. The number of rotatable bonds is 2. The Labute approximate surface area is 91.5 Å². The Kier molecular flexibility index (Phi) is 3.80. The fraction of sp³-hybridized carbons (Fsp3) is 1.00. The maximum Gasteiger partial charge on any atom is 0.217 e. The van der Waals surface area contributed by atoms with Crippen LogP contribution in [0.4, 0.5) is 0 Å². The molecular formula is C8H17ClN2O2S. The van der Waals surface area contributed by atoms with Gasteiger partial charge in [0.15, 0.2) is 0 Å². The summed E-state index contributed by atoms with van der Waals surface area (Å²) < 4.78 is 25.4. The average molecular weight is 241 g/mol. The van der Waals surface area contributed by atoms with Crippen molar-refractivity contribution in [2.45, 2.75) is 31.1 Å². The maximum absolute atomic E-state index is 11.9. The van der Waals surface area contributed by atoms with E-state index in [9.17, 15) is 8.42 Å². The molecule has 1 aliphatic carbocycles. The highest BCUT2D eigenvalue weighted by Crippen LogP contribution is 2.32. The van der Waals surface area contributed by atoms with E-state index in [1.54, 1.807) is 4.31 Å². The van der Waals surface area contributed by atoms with Crippen LogP contribution in [0, 0.1) is 0 Å². The van der Waals surface area contributed by atoms with Gasteiger partial charge in [-0.15, -0.1) is 12.4 Å². The molecule has 0 radical (unpaired) electrons. The van der Waals surface area contributed by atoms with Crippen molar-refractivity contribution in [3.05, 3.63) is 0 Å². The minimum absolute atomic E-state index is 0. The van der Waals surface area contributed by atoms with Gasteiger partial charge in [0.2, 0.25) is 10.0 Å². The Hall–Kier alpha value is 0.160. The standard InChI is InChI=1S/C8H16N2O2S.ClH/c1-7-6-9-4-5-10(7)13(11,12)8-2-3-8;/h7-9H,2-6H2,1H3;1H/t7-;/m1./s1. The van der Waals surface area contributed by atoms with Gasteiger partial charge < -0.3 is 5.32 Å². The van der Waals surface area contributed by atoms with Gasteiger partial charge >= 0.3 is 0 Å². The number of hydrogen-bond donors (Lipinski definition) is 1. The maximum atomic E-state index is 11.9. The van der Waals surface area contributed by atoms with E-state index in [2.05, 4.69) is 5.32 Å². The third kappa shape index (κ3) is 2.21. The number of sulfonamides is 1. The number of halogens is 1. The molecule has 1 atom stereocenters. The quantitative estimate of drug-likeness (QED) is 0.750. The predicted molar refractivity (Wildman–Crippen MR) is 58.2 cm³/mol. The Morgan fingerprint density at radius 2 is 2.00 bits per heavy atom. The monoisotopic (exact) mass is 240 g/mol. The molecule has 1 aliphatic heterocycles. The molecule has 84 valence electrons. The van der Waals surface area contributed by atoms with E-state index >= 15 is 0 Å². The Morgan fingerprint density at radius 3 is 2.50 bits per heavy atom. The summed E-state index contributed by atoms with van der Waals surface area (Å²) in [7, 11) is -2.94. The van der Waals surface area contributed by atoms with Crippen molar-refractivity contribution < 1.29 is 8.42 Å². The lowest BCUT2D eigenvalue weighted by molar-refractivity contribution is 0.283. The largest absolute Gasteiger partial charge is 0.314 e. The summed E-state index contributed by atoms with van der Waals surface area (Å²) in [5, 5.41) is 3.13. The van der Waals surface area contributed by atoms with Gasteiger partial charge in [0.1, 0.15) is 0 Å². The first-order valence-corrected chi connectivity index (χ1v) is 6.34. The molecule has 14 heavy (non-hydrogen) atoms. The Bertz CT molecular complexity index is 290. The molecule has 2 aliphatic rings. The zero-order chi connectivity index (χ0) is 9.47. The predicted octanol–water partition coefficient (Wildman–Crippen LogP) is 0.194. The van der Waals surface area contributed by atoms with E-state index < -0.39 is 10.0 Å². The summed E-state index contributed by atoms with van der Waals surface area (Å²) in [6.07, 6.45) is 1.72. The zero-order valence-electron chi connectivity index (χ0n) is 8.27. The van der Waals surface area contributed by atoms with Crippen LogP contribution in [0.25, 0.3) is 0 Å². The van der Waals surface area contributed by atoms with Crippen molar-refractivity contribution in [2.75, 3.05) is 19.6 Å². The van der Waals surface area contributed by atoms with Gasteiger partial charge in [-0.25, -0.2) is 8.42 Å². The van der Waals surface area contributed by atoms with Crippen molar-refractivity contribution in [2.24, 2.45) is 0 Å². The van der Waals surface area contributed by atoms with Gasteiger partial charge in [-0.3, -0.25) is 0 Å². The first-order chi connectivity index (χ1) is 6.12. The number of nitrogens with zero attached hydrogens (tertiary/aromatic N) is 1. The van der Waals surface area contributed by atoms with Gasteiger partial charge in [0.05, 0.1) is 5.25 Å². The summed E-state index contributed by atoms with van der Waals surface area (Å²) >= 11 is 0. The van der Waals surface area contributed by atoms with Crippen LogP contribution in [0.5, 0.6) is 0 Å². The lowest BCUT2D eigenvalue weighted by Gasteiger charge is -2.32. The minimum Gasteiger partial charge on any atom is -0.314 e. The summed E-state index contributed by atoms with van der Waals surface area (Å²) in [5.74, 6) is 0. The van der Waals surface area contributed by atoms with E-state index in [1.807, 2.05) is 6.92 Å². The first-order valence-electron chi connectivity index (χ1n) is 4.84. The number of piperazine rings is 1. The average Bonchev–Trinajstić information content (AvgIpc) is 2.86. The van der Waals surface area contributed by atoms with Crippen LogP contribution < -0.4 is 5.32 Å². The van der Waals surface area contributed by atoms with Crippen molar-refractivity contribution in [3.8, 4) is 0 Å². The molecule has 0 aromatic carbocycles. The van der Waals surface area contributed by atoms with Crippen LogP contribution in [0.2, 0.25) is 0 Å². The van der Waals surface area contributed by atoms with Crippen LogP contribution in [0.1, 0.15) is 19.8 Å².